The summed E-state index contributed by atoms with van der Waals surface area (Å²) in [4.78, 5) is 26.6. The van der Waals surface area contributed by atoms with Crippen molar-refractivity contribution in [1.29, 1.82) is 0 Å². The van der Waals surface area contributed by atoms with Gasteiger partial charge in [-0.2, -0.15) is 0 Å². The Balaban J connectivity index is 1.61. The van der Waals surface area contributed by atoms with E-state index in [-0.39, 0.29) is 5.56 Å². The molecule has 4 rings (SSSR count). The molecule has 0 atom stereocenters. The topological polar surface area (TPSA) is 80.3 Å². The quantitative estimate of drug-likeness (QED) is 0.734. The molecule has 0 bridgehead atoms. The first-order chi connectivity index (χ1) is 13.7. The molecule has 28 heavy (non-hydrogen) atoms. The molecule has 0 spiro atoms. The predicted molar refractivity (Wildman–Crippen MR) is 105 cm³/mol. The lowest BCUT2D eigenvalue weighted by molar-refractivity contribution is 0.234. The van der Waals surface area contributed by atoms with E-state index >= 15 is 0 Å². The minimum atomic E-state index is -0.0967. The molecular formula is C21H22N4O3. The zero-order valence-electron chi connectivity index (χ0n) is 15.9. The highest BCUT2D eigenvalue weighted by Crippen LogP contribution is 2.30. The van der Waals surface area contributed by atoms with Crippen LogP contribution in [-0.4, -0.2) is 40.6 Å². The number of pyridine rings is 1. The third kappa shape index (κ3) is 3.48. The van der Waals surface area contributed by atoms with E-state index in [1.165, 1.54) is 0 Å². The van der Waals surface area contributed by atoms with Crippen LogP contribution in [0, 0.1) is 0 Å². The summed E-state index contributed by atoms with van der Waals surface area (Å²) in [5.74, 6) is 2.13. The number of aromatic amines is 1. The zero-order valence-corrected chi connectivity index (χ0v) is 15.9. The molecule has 0 fully saturated rings. The zero-order chi connectivity index (χ0) is 19.5. The third-order valence-corrected chi connectivity index (χ3v) is 4.99. The van der Waals surface area contributed by atoms with Crippen LogP contribution in [0.25, 0.3) is 11.4 Å². The summed E-state index contributed by atoms with van der Waals surface area (Å²) in [6.45, 7) is 1.97. The molecule has 0 saturated carbocycles. The molecule has 3 heterocycles. The molecule has 0 saturated heterocycles. The number of nitrogens with zero attached hydrogens (tertiary/aromatic N) is 3. The molecule has 7 heteroatoms. The average molecular weight is 378 g/mol. The van der Waals surface area contributed by atoms with Crippen molar-refractivity contribution in [3.8, 4) is 22.9 Å². The Kier molecular flexibility index (Phi) is 5.08. The van der Waals surface area contributed by atoms with Gasteiger partial charge in [-0.1, -0.05) is 6.07 Å². The van der Waals surface area contributed by atoms with E-state index in [1.807, 2.05) is 30.3 Å². The van der Waals surface area contributed by atoms with Gasteiger partial charge in [0.15, 0.2) is 0 Å². The van der Waals surface area contributed by atoms with Gasteiger partial charge in [0.25, 0.3) is 5.56 Å². The summed E-state index contributed by atoms with van der Waals surface area (Å²) >= 11 is 0. The minimum absolute atomic E-state index is 0.0967. The molecule has 0 radical (unpaired) electrons. The second kappa shape index (κ2) is 7.82. The molecule has 144 valence electrons. The van der Waals surface area contributed by atoms with E-state index < -0.39 is 0 Å². The van der Waals surface area contributed by atoms with E-state index in [9.17, 15) is 4.79 Å². The maximum atomic E-state index is 12.7. The number of hydrogen-bond acceptors (Lipinski definition) is 6. The minimum Gasteiger partial charge on any atom is -0.496 e. The van der Waals surface area contributed by atoms with Crippen LogP contribution in [0.4, 0.5) is 0 Å². The average Bonchev–Trinajstić information content (AvgIpc) is 2.74. The first kappa shape index (κ1) is 18.2. The van der Waals surface area contributed by atoms with E-state index in [4.69, 9.17) is 9.47 Å². The second-order valence-electron chi connectivity index (χ2n) is 6.68. The van der Waals surface area contributed by atoms with E-state index in [0.717, 1.165) is 34.9 Å². The predicted octanol–water partition coefficient (Wildman–Crippen LogP) is 2.41. The Labute approximate surface area is 163 Å². The molecule has 0 unspecified atom stereocenters. The van der Waals surface area contributed by atoms with Crippen LogP contribution in [0.1, 0.15) is 16.8 Å². The van der Waals surface area contributed by atoms with Gasteiger partial charge >= 0.3 is 0 Å². The SMILES string of the molecule is COc1cccc(OC)c1CN1CCc2nc(-c3cccnc3)[nH]c(=O)c2C1. The Bertz CT molecular complexity index is 1010. The van der Waals surface area contributed by atoms with Crippen LogP contribution in [0.2, 0.25) is 0 Å². The van der Waals surface area contributed by atoms with E-state index in [0.29, 0.717) is 30.9 Å². The fourth-order valence-electron chi connectivity index (χ4n) is 3.56. The lowest BCUT2D eigenvalue weighted by atomic mass is 10.0. The van der Waals surface area contributed by atoms with Crippen molar-refractivity contribution in [2.45, 2.75) is 19.5 Å². The fraction of sp³-hybridized carbons (Fsp3) is 0.286. The van der Waals surface area contributed by atoms with Crippen molar-refractivity contribution in [2.75, 3.05) is 20.8 Å². The van der Waals surface area contributed by atoms with Gasteiger partial charge in [0.1, 0.15) is 17.3 Å². The number of methoxy groups -OCH3 is 2. The number of aromatic nitrogens is 3. The first-order valence-electron chi connectivity index (χ1n) is 9.14. The highest BCUT2D eigenvalue weighted by atomic mass is 16.5. The van der Waals surface area contributed by atoms with Crippen LogP contribution >= 0.6 is 0 Å². The molecule has 2 aromatic heterocycles. The van der Waals surface area contributed by atoms with Gasteiger partial charge in [-0.3, -0.25) is 14.7 Å². The van der Waals surface area contributed by atoms with Crippen molar-refractivity contribution in [3.05, 3.63) is 69.9 Å². The number of hydrogen-bond donors (Lipinski definition) is 1. The summed E-state index contributed by atoms with van der Waals surface area (Å²) in [6.07, 6.45) is 4.11. The maximum absolute atomic E-state index is 12.7. The van der Waals surface area contributed by atoms with Gasteiger partial charge in [-0.15, -0.1) is 0 Å². The number of nitrogens with one attached hydrogen (secondary N) is 1. The third-order valence-electron chi connectivity index (χ3n) is 4.99. The van der Waals surface area contributed by atoms with Gasteiger partial charge in [-0.25, -0.2) is 4.98 Å². The fourth-order valence-corrected chi connectivity index (χ4v) is 3.56. The number of fused-ring (bicyclic) bond motifs is 1. The summed E-state index contributed by atoms with van der Waals surface area (Å²) in [7, 11) is 3.30. The number of benzene rings is 1. The normalized spacial score (nSPS) is 13.8. The van der Waals surface area contributed by atoms with Crippen LogP contribution < -0.4 is 15.0 Å². The number of ether oxygens (including phenoxy) is 2. The van der Waals surface area contributed by atoms with Gasteiger partial charge in [0.05, 0.1) is 31.0 Å². The van der Waals surface area contributed by atoms with Gasteiger partial charge in [0.2, 0.25) is 0 Å². The van der Waals surface area contributed by atoms with Gasteiger partial charge in [0, 0.05) is 44.0 Å². The first-order valence-corrected chi connectivity index (χ1v) is 9.14. The Morgan fingerprint density at radius 2 is 1.93 bits per heavy atom. The molecule has 1 aromatic carbocycles. The standard InChI is InChI=1S/C21H22N4O3/c1-27-18-6-3-7-19(28-2)16(18)13-25-10-8-17-15(12-25)21(26)24-20(23-17)14-5-4-9-22-11-14/h3-7,9,11H,8,10,12-13H2,1-2H3,(H,23,24,26). The number of rotatable bonds is 5. The Morgan fingerprint density at radius 1 is 1.14 bits per heavy atom. The van der Waals surface area contributed by atoms with Crippen molar-refractivity contribution in [2.24, 2.45) is 0 Å². The molecule has 1 N–H and O–H groups in total. The Hall–Kier alpha value is -3.19. The Morgan fingerprint density at radius 3 is 2.61 bits per heavy atom. The smallest absolute Gasteiger partial charge is 0.255 e. The molecule has 7 nitrogen and oxygen atoms in total. The molecule has 0 amide bonds. The van der Waals surface area contributed by atoms with E-state index in [1.54, 1.807) is 26.6 Å². The molecule has 1 aliphatic heterocycles. The van der Waals surface area contributed by atoms with Crippen molar-refractivity contribution in [1.82, 2.24) is 19.9 Å². The lowest BCUT2D eigenvalue weighted by Crippen LogP contribution is -2.35. The monoisotopic (exact) mass is 378 g/mol. The summed E-state index contributed by atoms with van der Waals surface area (Å²) in [5, 5.41) is 0. The van der Waals surface area contributed by atoms with Gasteiger partial charge < -0.3 is 14.5 Å². The lowest BCUT2D eigenvalue weighted by Gasteiger charge is -2.28. The van der Waals surface area contributed by atoms with Crippen LogP contribution in [0.15, 0.2) is 47.5 Å². The highest BCUT2D eigenvalue weighted by molar-refractivity contribution is 5.53. The summed E-state index contributed by atoms with van der Waals surface area (Å²) in [5.41, 5.74) is 3.26. The largest absolute Gasteiger partial charge is 0.496 e. The summed E-state index contributed by atoms with van der Waals surface area (Å²) < 4.78 is 11.0. The molecule has 0 aliphatic carbocycles. The van der Waals surface area contributed by atoms with Crippen LogP contribution in [-0.2, 0) is 19.5 Å². The molecular weight excluding hydrogens is 356 g/mol. The van der Waals surface area contributed by atoms with Crippen molar-refractivity contribution in [3.63, 3.8) is 0 Å². The van der Waals surface area contributed by atoms with Crippen LogP contribution in [0.5, 0.6) is 11.5 Å². The highest BCUT2D eigenvalue weighted by Gasteiger charge is 2.23. The van der Waals surface area contributed by atoms with Crippen LogP contribution in [0.3, 0.4) is 0 Å². The summed E-state index contributed by atoms with van der Waals surface area (Å²) in [6, 6.07) is 9.47. The van der Waals surface area contributed by atoms with E-state index in [2.05, 4.69) is 19.9 Å². The number of H-pyrrole nitrogens is 1. The molecule has 1 aliphatic rings. The molecule has 3 aromatic rings. The van der Waals surface area contributed by atoms with Gasteiger partial charge in [-0.05, 0) is 24.3 Å². The van der Waals surface area contributed by atoms with Crippen molar-refractivity contribution < 1.29 is 9.47 Å². The second-order valence-corrected chi connectivity index (χ2v) is 6.68. The maximum Gasteiger partial charge on any atom is 0.255 e. The van der Waals surface area contributed by atoms with Crippen molar-refractivity contribution >= 4 is 0 Å².